The standard InChI is InChI=1S/C22H28F2N5O/c1-4-25-21-18(23)13(2)26-22(28-21)27-16-12-15-8-11-30-20(15)17(19(16)24)14-6-5-9-29(3)10-7-14/h7,12,18,25H,4-6,8-11H2,1-3H3,(H,27,28). The van der Waals surface area contributed by atoms with Crippen LogP contribution in [0.1, 0.15) is 37.8 Å². The van der Waals surface area contributed by atoms with Crippen LogP contribution in [0.4, 0.5) is 14.5 Å². The van der Waals surface area contributed by atoms with Crippen LogP contribution in [0.25, 0.3) is 5.57 Å². The summed E-state index contributed by atoms with van der Waals surface area (Å²) in [6, 6.07) is 1.76. The number of hydrogen-bond acceptors (Lipinski definition) is 6. The molecule has 0 saturated carbocycles. The van der Waals surface area contributed by atoms with E-state index in [1.165, 1.54) is 0 Å². The molecule has 4 rings (SSSR count). The number of nitrogens with zero attached hydrogens (tertiary/aromatic N) is 3. The second kappa shape index (κ2) is 8.81. The van der Waals surface area contributed by atoms with E-state index >= 15 is 4.39 Å². The molecule has 0 amide bonds. The Labute approximate surface area is 176 Å². The molecule has 0 saturated heterocycles. The topological polar surface area (TPSA) is 61.2 Å². The summed E-state index contributed by atoms with van der Waals surface area (Å²) in [4.78, 5) is 10.6. The van der Waals surface area contributed by atoms with E-state index < -0.39 is 6.17 Å². The third-order valence-corrected chi connectivity index (χ3v) is 5.59. The Balaban J connectivity index is 1.71. The minimum absolute atomic E-state index is 0.177. The van der Waals surface area contributed by atoms with Crippen molar-refractivity contribution < 1.29 is 13.5 Å². The maximum absolute atomic E-state index is 15.7. The Morgan fingerprint density at radius 1 is 1.30 bits per heavy atom. The molecular weight excluding hydrogens is 388 g/mol. The highest BCUT2D eigenvalue weighted by Gasteiger charge is 2.30. The lowest BCUT2D eigenvalue weighted by Crippen LogP contribution is -2.37. The van der Waals surface area contributed by atoms with Crippen LogP contribution < -0.4 is 15.4 Å². The molecular formula is C22H28F2N5O. The van der Waals surface area contributed by atoms with Crippen LogP contribution in [0.5, 0.6) is 5.75 Å². The molecule has 3 aliphatic rings. The highest BCUT2D eigenvalue weighted by atomic mass is 19.1. The first-order valence-electron chi connectivity index (χ1n) is 10.5. The number of aliphatic imine (C=N–C) groups is 2. The quantitative estimate of drug-likeness (QED) is 0.788. The van der Waals surface area contributed by atoms with Crippen molar-refractivity contribution in [2.75, 3.05) is 38.6 Å². The molecule has 0 spiro atoms. The monoisotopic (exact) mass is 416 g/mol. The number of anilines is 1. The largest absolute Gasteiger partial charge is 0.492 e. The Hall–Kier alpha value is -2.32. The number of ether oxygens (including phenoxy) is 1. The van der Waals surface area contributed by atoms with E-state index in [0.717, 1.165) is 43.5 Å². The molecule has 0 aliphatic carbocycles. The first-order chi connectivity index (χ1) is 14.5. The minimum atomic E-state index is -1.38. The van der Waals surface area contributed by atoms with Crippen molar-refractivity contribution in [2.24, 2.45) is 9.98 Å². The number of allylic oxidation sites excluding steroid dienone is 1. The molecule has 1 unspecified atom stereocenters. The van der Waals surface area contributed by atoms with Crippen molar-refractivity contribution >= 4 is 22.9 Å². The molecule has 1 aromatic carbocycles. The Morgan fingerprint density at radius 3 is 2.93 bits per heavy atom. The highest BCUT2D eigenvalue weighted by molar-refractivity contribution is 6.07. The van der Waals surface area contributed by atoms with Crippen LogP contribution >= 0.6 is 0 Å². The van der Waals surface area contributed by atoms with Gasteiger partial charge in [0.15, 0.2) is 18.2 Å². The molecule has 0 bridgehead atoms. The van der Waals surface area contributed by atoms with Gasteiger partial charge in [0.2, 0.25) is 5.96 Å². The molecule has 1 radical (unpaired) electrons. The molecule has 2 N–H and O–H groups in total. The van der Waals surface area contributed by atoms with Crippen molar-refractivity contribution in [3.8, 4) is 5.75 Å². The van der Waals surface area contributed by atoms with Crippen LogP contribution in [-0.2, 0) is 6.42 Å². The fourth-order valence-corrected chi connectivity index (χ4v) is 4.02. The highest BCUT2D eigenvalue weighted by Crippen LogP contribution is 2.41. The first kappa shape index (κ1) is 20.9. The normalized spacial score (nSPS) is 22.6. The van der Waals surface area contributed by atoms with Gasteiger partial charge < -0.3 is 15.0 Å². The molecule has 8 heteroatoms. The van der Waals surface area contributed by atoms with Gasteiger partial charge in [0, 0.05) is 18.5 Å². The predicted molar refractivity (Wildman–Crippen MR) is 116 cm³/mol. The average Bonchev–Trinajstić information content (AvgIpc) is 3.07. The molecule has 3 aliphatic heterocycles. The Bertz CT molecular complexity index is 911. The number of likely N-dealkylation sites (N-methyl/N-ethyl adjacent to an activating group) is 1. The molecule has 30 heavy (non-hydrogen) atoms. The average molecular weight is 416 g/mol. The number of halogens is 2. The lowest BCUT2D eigenvalue weighted by Gasteiger charge is -2.23. The fourth-order valence-electron chi connectivity index (χ4n) is 4.02. The molecule has 6 nitrogen and oxygen atoms in total. The van der Waals surface area contributed by atoms with Crippen molar-refractivity contribution in [2.45, 2.75) is 39.3 Å². The molecule has 0 aromatic heterocycles. The van der Waals surface area contributed by atoms with Gasteiger partial charge >= 0.3 is 0 Å². The van der Waals surface area contributed by atoms with Crippen LogP contribution in [0.15, 0.2) is 22.1 Å². The van der Waals surface area contributed by atoms with Gasteiger partial charge in [0.1, 0.15) is 5.75 Å². The van der Waals surface area contributed by atoms with Crippen molar-refractivity contribution in [1.82, 2.24) is 10.2 Å². The summed E-state index contributed by atoms with van der Waals surface area (Å²) < 4.78 is 35.8. The van der Waals surface area contributed by atoms with Crippen LogP contribution in [0.2, 0.25) is 0 Å². The molecule has 3 heterocycles. The van der Waals surface area contributed by atoms with E-state index in [1.54, 1.807) is 13.0 Å². The minimum Gasteiger partial charge on any atom is -0.492 e. The van der Waals surface area contributed by atoms with E-state index in [1.807, 2.05) is 6.92 Å². The molecule has 1 atom stereocenters. The zero-order valence-electron chi connectivity index (χ0n) is 17.7. The fraction of sp³-hybridized carbons (Fsp3) is 0.500. The van der Waals surface area contributed by atoms with E-state index in [4.69, 9.17) is 4.74 Å². The lowest BCUT2D eigenvalue weighted by molar-refractivity contribution is 0.354. The number of guanidine groups is 1. The predicted octanol–water partition coefficient (Wildman–Crippen LogP) is 3.55. The lowest BCUT2D eigenvalue weighted by atomic mass is 9.96. The van der Waals surface area contributed by atoms with Gasteiger partial charge in [0.05, 0.1) is 23.6 Å². The molecule has 161 valence electrons. The molecule has 1 aromatic rings. The zero-order valence-corrected chi connectivity index (χ0v) is 17.7. The zero-order chi connectivity index (χ0) is 21.3. The Morgan fingerprint density at radius 2 is 2.13 bits per heavy atom. The summed E-state index contributed by atoms with van der Waals surface area (Å²) in [5.41, 5.74) is 3.02. The van der Waals surface area contributed by atoms with E-state index in [2.05, 4.69) is 38.6 Å². The second-order valence-electron chi connectivity index (χ2n) is 7.89. The third kappa shape index (κ3) is 4.11. The van der Waals surface area contributed by atoms with Gasteiger partial charge in [-0.2, -0.15) is 0 Å². The summed E-state index contributed by atoms with van der Waals surface area (Å²) in [6.07, 6.45) is 3.37. The van der Waals surface area contributed by atoms with Crippen LogP contribution in [0, 0.1) is 12.0 Å². The number of alkyl halides is 1. The third-order valence-electron chi connectivity index (χ3n) is 5.59. The molecule has 0 fully saturated rings. The summed E-state index contributed by atoms with van der Waals surface area (Å²) in [5.74, 6) is 0.438. The smallest absolute Gasteiger partial charge is 0.224 e. The van der Waals surface area contributed by atoms with Gasteiger partial charge in [-0.1, -0.05) is 13.0 Å². The summed E-state index contributed by atoms with van der Waals surface area (Å²) in [5, 5.41) is 5.91. The van der Waals surface area contributed by atoms with Gasteiger partial charge in [-0.05, 0) is 51.5 Å². The van der Waals surface area contributed by atoms with Crippen molar-refractivity contribution in [3.05, 3.63) is 35.3 Å². The SMILES string of the molecule is CCN[C]1N=C(Nc2cc3c(c(C4=CCN(C)CCC4)c2F)OCC3)N=C(C)C1F. The van der Waals surface area contributed by atoms with Gasteiger partial charge in [0.25, 0.3) is 0 Å². The van der Waals surface area contributed by atoms with Gasteiger partial charge in [-0.15, -0.1) is 0 Å². The number of fused-ring (bicyclic) bond motifs is 1. The number of benzene rings is 1. The number of rotatable bonds is 4. The first-order valence-corrected chi connectivity index (χ1v) is 10.5. The van der Waals surface area contributed by atoms with Crippen molar-refractivity contribution in [3.63, 3.8) is 0 Å². The van der Waals surface area contributed by atoms with E-state index in [-0.39, 0.29) is 29.3 Å². The van der Waals surface area contributed by atoms with Crippen LogP contribution in [0.3, 0.4) is 0 Å². The van der Waals surface area contributed by atoms with E-state index in [0.29, 0.717) is 24.5 Å². The Kier molecular flexibility index (Phi) is 6.15. The summed E-state index contributed by atoms with van der Waals surface area (Å²) in [7, 11) is 2.06. The summed E-state index contributed by atoms with van der Waals surface area (Å²) >= 11 is 0. The second-order valence-corrected chi connectivity index (χ2v) is 7.89. The number of nitrogens with one attached hydrogen (secondary N) is 2. The van der Waals surface area contributed by atoms with Crippen molar-refractivity contribution in [1.29, 1.82) is 0 Å². The van der Waals surface area contributed by atoms with Gasteiger partial charge in [-0.3, -0.25) is 5.32 Å². The van der Waals surface area contributed by atoms with E-state index in [9.17, 15) is 4.39 Å². The maximum Gasteiger partial charge on any atom is 0.224 e. The van der Waals surface area contributed by atoms with Gasteiger partial charge in [-0.25, -0.2) is 18.8 Å². The summed E-state index contributed by atoms with van der Waals surface area (Å²) in [6.45, 7) is 6.30. The number of hydrogen-bond donors (Lipinski definition) is 2. The van der Waals surface area contributed by atoms with Crippen LogP contribution in [-0.4, -0.2) is 56.0 Å². The maximum atomic E-state index is 15.7.